The summed E-state index contributed by atoms with van der Waals surface area (Å²) in [5.74, 6) is 6.32. The number of carbonyl (C=O) groups excluding carboxylic acids is 1. The molecular formula is C24H27ClN8O. The summed E-state index contributed by atoms with van der Waals surface area (Å²) in [5.41, 5.74) is 7.30. The first-order chi connectivity index (χ1) is 16.4. The summed E-state index contributed by atoms with van der Waals surface area (Å²) in [7, 11) is 3.80. The number of fused-ring (bicyclic) bond motifs is 1. The minimum absolute atomic E-state index is 0.144. The molecule has 0 saturated carbocycles. The van der Waals surface area contributed by atoms with Gasteiger partial charge in [-0.15, -0.1) is 0 Å². The molecule has 4 heterocycles. The van der Waals surface area contributed by atoms with Crippen LogP contribution < -0.4 is 11.3 Å². The molecule has 0 spiro atoms. The average molecular weight is 479 g/mol. The van der Waals surface area contributed by atoms with Gasteiger partial charge < -0.3 is 19.8 Å². The van der Waals surface area contributed by atoms with Gasteiger partial charge in [0.2, 0.25) is 5.91 Å². The zero-order chi connectivity index (χ0) is 23.8. The number of pyridine rings is 1. The molecular weight excluding hydrogens is 452 g/mol. The third-order valence-electron chi connectivity index (χ3n) is 6.05. The maximum Gasteiger partial charge on any atom is 0.236 e. The number of nitrogen functional groups attached to an aromatic ring is 1. The van der Waals surface area contributed by atoms with Crippen LogP contribution in [0.2, 0.25) is 5.02 Å². The Labute approximate surface area is 202 Å². The van der Waals surface area contributed by atoms with Gasteiger partial charge >= 0.3 is 0 Å². The van der Waals surface area contributed by atoms with Gasteiger partial charge in [-0.2, -0.15) is 5.10 Å². The highest BCUT2D eigenvalue weighted by Gasteiger charge is 2.32. The number of rotatable bonds is 7. The van der Waals surface area contributed by atoms with Crippen LogP contribution in [-0.4, -0.2) is 68.8 Å². The summed E-state index contributed by atoms with van der Waals surface area (Å²) in [5, 5.41) is 5.57. The zero-order valence-corrected chi connectivity index (χ0v) is 19.9. The van der Waals surface area contributed by atoms with Crippen molar-refractivity contribution in [3.05, 3.63) is 65.3 Å². The van der Waals surface area contributed by atoms with Crippen LogP contribution in [0.3, 0.4) is 0 Å². The van der Waals surface area contributed by atoms with Crippen molar-refractivity contribution >= 4 is 34.4 Å². The van der Waals surface area contributed by atoms with Crippen molar-refractivity contribution in [3.8, 4) is 11.4 Å². The smallest absolute Gasteiger partial charge is 0.236 e. The summed E-state index contributed by atoms with van der Waals surface area (Å²) >= 11 is 6.23. The predicted octanol–water partition coefficient (Wildman–Crippen LogP) is 2.83. The highest BCUT2D eigenvalue weighted by Crippen LogP contribution is 2.30. The lowest BCUT2D eigenvalue weighted by atomic mass is 10.1. The predicted molar refractivity (Wildman–Crippen MR) is 133 cm³/mol. The van der Waals surface area contributed by atoms with Gasteiger partial charge in [0.05, 0.1) is 29.3 Å². The number of hydrazine groups is 1. The number of nitrogens with one attached hydrogen (secondary N) is 1. The topological polar surface area (TPSA) is 97.2 Å². The van der Waals surface area contributed by atoms with Crippen molar-refractivity contribution in [2.45, 2.75) is 12.6 Å². The van der Waals surface area contributed by atoms with Crippen molar-refractivity contribution < 1.29 is 4.79 Å². The van der Waals surface area contributed by atoms with Crippen molar-refractivity contribution in [2.24, 2.45) is 5.84 Å². The number of likely N-dealkylation sites (tertiary alicyclic amines) is 1. The largest absolute Gasteiger partial charge is 0.337 e. The minimum atomic E-state index is 0.144. The molecule has 1 aromatic carbocycles. The Hall–Kier alpha value is -3.40. The Morgan fingerprint density at radius 3 is 2.76 bits per heavy atom. The number of nitrogens with two attached hydrogens (primary N) is 1. The number of halogens is 1. The number of carbonyl (C=O) groups is 1. The number of likely N-dealkylation sites (N-methyl/N-ethyl adjacent to an activating group) is 1. The minimum Gasteiger partial charge on any atom is -0.337 e. The van der Waals surface area contributed by atoms with Gasteiger partial charge in [0.1, 0.15) is 11.5 Å². The van der Waals surface area contributed by atoms with E-state index < -0.39 is 0 Å². The molecule has 1 amide bonds. The SMILES string of the molecule is CN(C)CC(=O)N1CC(n2ccc(-c3cc4nc(NN)ccc4n3Cc3cccc(Cl)c3)n2)C1. The van der Waals surface area contributed by atoms with Crippen molar-refractivity contribution in [3.63, 3.8) is 0 Å². The van der Waals surface area contributed by atoms with Crippen LogP contribution in [0.4, 0.5) is 5.82 Å². The number of nitrogens with zero attached hydrogens (tertiary/aromatic N) is 6. The molecule has 1 aliphatic rings. The van der Waals surface area contributed by atoms with Crippen molar-refractivity contribution in [1.82, 2.24) is 29.1 Å². The summed E-state index contributed by atoms with van der Waals surface area (Å²) in [6.45, 7) is 2.39. The Kier molecular flexibility index (Phi) is 5.99. The fraction of sp³-hybridized carbons (Fsp3) is 0.292. The van der Waals surface area contributed by atoms with Gasteiger partial charge in [0.15, 0.2) is 0 Å². The molecule has 1 aliphatic heterocycles. The molecule has 5 rings (SSSR count). The van der Waals surface area contributed by atoms with E-state index in [0.29, 0.717) is 37.0 Å². The Morgan fingerprint density at radius 1 is 1.21 bits per heavy atom. The number of hydrogen-bond donors (Lipinski definition) is 2. The first-order valence-corrected chi connectivity index (χ1v) is 11.5. The Morgan fingerprint density at radius 2 is 2.03 bits per heavy atom. The Balaban J connectivity index is 1.44. The van der Waals surface area contributed by atoms with Gasteiger partial charge in [-0.1, -0.05) is 23.7 Å². The van der Waals surface area contributed by atoms with Crippen LogP contribution >= 0.6 is 11.6 Å². The van der Waals surface area contributed by atoms with Gasteiger partial charge in [-0.3, -0.25) is 9.48 Å². The molecule has 1 saturated heterocycles. The summed E-state index contributed by atoms with van der Waals surface area (Å²) in [6, 6.07) is 15.9. The van der Waals surface area contributed by atoms with E-state index in [4.69, 9.17) is 22.5 Å². The fourth-order valence-electron chi connectivity index (χ4n) is 4.29. The quantitative estimate of drug-likeness (QED) is 0.313. The van der Waals surface area contributed by atoms with Gasteiger partial charge in [0, 0.05) is 30.9 Å². The van der Waals surface area contributed by atoms with Crippen LogP contribution in [0, 0.1) is 0 Å². The average Bonchev–Trinajstić information content (AvgIpc) is 3.37. The van der Waals surface area contributed by atoms with E-state index in [1.807, 2.05) is 77.2 Å². The van der Waals surface area contributed by atoms with Gasteiger partial charge in [-0.25, -0.2) is 10.8 Å². The Bertz CT molecular complexity index is 1340. The van der Waals surface area contributed by atoms with Crippen LogP contribution in [0.1, 0.15) is 11.6 Å². The van der Waals surface area contributed by atoms with Crippen LogP contribution in [-0.2, 0) is 11.3 Å². The van der Waals surface area contributed by atoms with E-state index in [-0.39, 0.29) is 11.9 Å². The van der Waals surface area contributed by atoms with E-state index in [1.165, 1.54) is 0 Å². The molecule has 34 heavy (non-hydrogen) atoms. The number of anilines is 1. The van der Waals surface area contributed by atoms with Crippen LogP contribution in [0.5, 0.6) is 0 Å². The van der Waals surface area contributed by atoms with Crippen LogP contribution in [0.25, 0.3) is 22.4 Å². The second kappa shape index (κ2) is 9.09. The number of hydrogen-bond acceptors (Lipinski definition) is 6. The number of benzene rings is 1. The molecule has 3 N–H and O–H groups in total. The van der Waals surface area contributed by atoms with E-state index in [0.717, 1.165) is 28.0 Å². The molecule has 1 fully saturated rings. The third kappa shape index (κ3) is 4.37. The first-order valence-electron chi connectivity index (χ1n) is 11.1. The normalized spacial score (nSPS) is 14.1. The summed E-state index contributed by atoms with van der Waals surface area (Å²) in [6.07, 6.45) is 1.98. The molecule has 0 aliphatic carbocycles. The molecule has 3 aromatic heterocycles. The van der Waals surface area contributed by atoms with Crippen LogP contribution in [0.15, 0.2) is 54.7 Å². The highest BCUT2D eigenvalue weighted by molar-refractivity contribution is 6.30. The first kappa shape index (κ1) is 22.4. The maximum atomic E-state index is 12.3. The zero-order valence-electron chi connectivity index (χ0n) is 19.1. The van der Waals surface area contributed by atoms with Crippen molar-refractivity contribution in [2.75, 3.05) is 39.2 Å². The molecule has 9 nitrogen and oxygen atoms in total. The molecule has 4 aromatic rings. The van der Waals surface area contributed by atoms with Gasteiger partial charge in [-0.05, 0) is 56.1 Å². The lowest BCUT2D eigenvalue weighted by molar-refractivity contribution is -0.137. The standard InChI is InChI=1S/C24H27ClN8O/c1-30(2)15-24(34)31-13-18(14-31)33-9-8-19(29-33)22-11-20-21(6-7-23(27-20)28-26)32(22)12-16-4-3-5-17(25)10-16/h3-11,18H,12-15,26H2,1-2H3,(H,27,28). The van der Waals surface area contributed by atoms with Crippen molar-refractivity contribution in [1.29, 1.82) is 0 Å². The molecule has 0 atom stereocenters. The lowest BCUT2D eigenvalue weighted by Crippen LogP contribution is -2.53. The number of amides is 1. The molecule has 10 heteroatoms. The molecule has 0 bridgehead atoms. The lowest BCUT2D eigenvalue weighted by Gasteiger charge is -2.39. The van der Waals surface area contributed by atoms with E-state index in [1.54, 1.807) is 0 Å². The third-order valence-corrected chi connectivity index (χ3v) is 6.28. The number of aromatic nitrogens is 4. The fourth-order valence-corrected chi connectivity index (χ4v) is 4.51. The van der Waals surface area contributed by atoms with E-state index in [2.05, 4.69) is 21.0 Å². The van der Waals surface area contributed by atoms with Gasteiger partial charge in [0.25, 0.3) is 0 Å². The summed E-state index contributed by atoms with van der Waals surface area (Å²) in [4.78, 5) is 20.6. The maximum absolute atomic E-state index is 12.3. The second-order valence-electron chi connectivity index (χ2n) is 8.86. The molecule has 0 radical (unpaired) electrons. The summed E-state index contributed by atoms with van der Waals surface area (Å²) < 4.78 is 4.14. The van der Waals surface area contributed by atoms with E-state index >= 15 is 0 Å². The molecule has 176 valence electrons. The monoisotopic (exact) mass is 478 g/mol. The highest BCUT2D eigenvalue weighted by atomic mass is 35.5. The molecule has 0 unspecified atom stereocenters. The second-order valence-corrected chi connectivity index (χ2v) is 9.30. The van der Waals surface area contributed by atoms with E-state index in [9.17, 15) is 4.79 Å².